The highest BCUT2D eigenvalue weighted by Gasteiger charge is 2.11. The minimum Gasteiger partial charge on any atom is -0.493 e. The number of halogens is 1. The molecule has 0 amide bonds. The first-order valence-corrected chi connectivity index (χ1v) is 7.94. The van der Waals surface area contributed by atoms with Gasteiger partial charge in [-0.2, -0.15) is 0 Å². The predicted molar refractivity (Wildman–Crippen MR) is 90.6 cm³/mol. The van der Waals surface area contributed by atoms with E-state index in [0.717, 1.165) is 31.5 Å². The Balaban J connectivity index is 2.98. The van der Waals surface area contributed by atoms with Crippen LogP contribution in [0, 0.1) is 0 Å². The molecule has 21 heavy (non-hydrogen) atoms. The zero-order valence-electron chi connectivity index (χ0n) is 13.5. The van der Waals surface area contributed by atoms with Gasteiger partial charge in [-0.25, -0.2) is 0 Å². The van der Waals surface area contributed by atoms with Gasteiger partial charge in [0.25, 0.3) is 0 Å². The number of methoxy groups -OCH3 is 1. The van der Waals surface area contributed by atoms with Crippen molar-refractivity contribution < 1.29 is 9.47 Å². The lowest BCUT2D eigenvalue weighted by Crippen LogP contribution is -2.17. The molecule has 0 heterocycles. The smallest absolute Gasteiger partial charge is 0.179 e. The third-order valence-corrected chi connectivity index (χ3v) is 3.42. The lowest BCUT2D eigenvalue weighted by Gasteiger charge is -2.13. The maximum atomic E-state index is 6.30. The van der Waals surface area contributed by atoms with Gasteiger partial charge in [0.2, 0.25) is 0 Å². The number of nitrogens with one attached hydrogen (secondary N) is 1. The summed E-state index contributed by atoms with van der Waals surface area (Å²) in [6.07, 6.45) is 4.30. The Labute approximate surface area is 133 Å². The lowest BCUT2D eigenvalue weighted by molar-refractivity contribution is 0.311. The molecular weight excluding hydrogens is 286 g/mol. The fraction of sp³-hybridized carbons (Fsp3) is 0.529. The van der Waals surface area contributed by atoms with Gasteiger partial charge in [-0.1, -0.05) is 37.1 Å². The first kappa shape index (κ1) is 17.9. The van der Waals surface area contributed by atoms with Gasteiger partial charge in [0.05, 0.1) is 18.7 Å². The molecule has 3 nitrogen and oxygen atoms in total. The van der Waals surface area contributed by atoms with E-state index in [1.54, 1.807) is 7.11 Å². The van der Waals surface area contributed by atoms with E-state index in [0.29, 0.717) is 23.1 Å². The van der Waals surface area contributed by atoms with Crippen LogP contribution in [0.4, 0.5) is 0 Å². The second-order valence-corrected chi connectivity index (χ2v) is 5.21. The molecule has 1 N–H and O–H groups in total. The largest absolute Gasteiger partial charge is 0.493 e. The van der Waals surface area contributed by atoms with E-state index in [4.69, 9.17) is 21.1 Å². The second kappa shape index (κ2) is 9.69. The molecule has 0 aliphatic rings. The van der Waals surface area contributed by atoms with Crippen molar-refractivity contribution in [3.8, 4) is 11.5 Å². The average molecular weight is 312 g/mol. The molecule has 0 atom stereocenters. The molecule has 0 aliphatic carbocycles. The van der Waals surface area contributed by atoms with Gasteiger partial charge in [-0.05, 0) is 44.0 Å². The minimum absolute atomic E-state index is 0.562. The Bertz CT molecular complexity index is 472. The number of ether oxygens (including phenoxy) is 2. The molecule has 1 aromatic rings. The maximum Gasteiger partial charge on any atom is 0.179 e. The molecule has 0 aliphatic heterocycles. The monoisotopic (exact) mass is 311 g/mol. The van der Waals surface area contributed by atoms with Crippen molar-refractivity contribution in [2.75, 3.05) is 26.8 Å². The fourth-order valence-electron chi connectivity index (χ4n) is 2.05. The van der Waals surface area contributed by atoms with Gasteiger partial charge < -0.3 is 14.8 Å². The van der Waals surface area contributed by atoms with Gasteiger partial charge in [0.1, 0.15) is 0 Å². The third kappa shape index (κ3) is 5.60. The van der Waals surface area contributed by atoms with E-state index < -0.39 is 0 Å². The SMILES string of the molecule is CCCNCC(=Cc1cc(Cl)c(OCC)c(OC)c1)CC. The molecule has 1 aromatic carbocycles. The van der Waals surface area contributed by atoms with E-state index in [1.165, 1.54) is 5.57 Å². The first-order valence-electron chi connectivity index (χ1n) is 7.56. The molecule has 0 unspecified atom stereocenters. The van der Waals surface area contributed by atoms with Crippen LogP contribution >= 0.6 is 11.6 Å². The van der Waals surface area contributed by atoms with Gasteiger partial charge in [-0.3, -0.25) is 0 Å². The van der Waals surface area contributed by atoms with Crippen molar-refractivity contribution in [2.45, 2.75) is 33.6 Å². The topological polar surface area (TPSA) is 30.5 Å². The van der Waals surface area contributed by atoms with Crippen LogP contribution < -0.4 is 14.8 Å². The third-order valence-electron chi connectivity index (χ3n) is 3.14. The van der Waals surface area contributed by atoms with Crippen molar-refractivity contribution in [3.63, 3.8) is 0 Å². The van der Waals surface area contributed by atoms with Crippen LogP contribution in [0.25, 0.3) is 6.08 Å². The van der Waals surface area contributed by atoms with Crippen molar-refractivity contribution in [2.24, 2.45) is 0 Å². The Hall–Kier alpha value is -1.19. The van der Waals surface area contributed by atoms with E-state index in [1.807, 2.05) is 19.1 Å². The van der Waals surface area contributed by atoms with Crippen molar-refractivity contribution in [1.29, 1.82) is 0 Å². The molecule has 0 saturated carbocycles. The Kier molecular flexibility index (Phi) is 8.24. The van der Waals surface area contributed by atoms with Crippen molar-refractivity contribution in [3.05, 3.63) is 28.3 Å². The van der Waals surface area contributed by atoms with E-state index >= 15 is 0 Å². The average Bonchev–Trinajstić information content (AvgIpc) is 2.48. The summed E-state index contributed by atoms with van der Waals surface area (Å²) in [4.78, 5) is 0. The fourth-order valence-corrected chi connectivity index (χ4v) is 2.32. The quantitative estimate of drug-likeness (QED) is 0.679. The van der Waals surface area contributed by atoms with Crippen molar-refractivity contribution >= 4 is 17.7 Å². The van der Waals surface area contributed by atoms with Crippen LogP contribution in [-0.2, 0) is 0 Å². The molecule has 118 valence electrons. The number of hydrogen-bond acceptors (Lipinski definition) is 3. The van der Waals surface area contributed by atoms with Crippen LogP contribution in [0.5, 0.6) is 11.5 Å². The summed E-state index contributed by atoms with van der Waals surface area (Å²) in [5, 5.41) is 4.01. The lowest BCUT2D eigenvalue weighted by atomic mass is 10.1. The van der Waals surface area contributed by atoms with Crippen molar-refractivity contribution in [1.82, 2.24) is 5.32 Å². The second-order valence-electron chi connectivity index (χ2n) is 4.80. The summed E-state index contributed by atoms with van der Waals surface area (Å²) < 4.78 is 10.9. The van der Waals surface area contributed by atoms with Gasteiger partial charge in [0, 0.05) is 6.54 Å². The highest BCUT2D eigenvalue weighted by atomic mass is 35.5. The summed E-state index contributed by atoms with van der Waals surface area (Å²) in [6, 6.07) is 3.89. The van der Waals surface area contributed by atoms with Crippen LogP contribution in [0.1, 0.15) is 39.2 Å². The highest BCUT2D eigenvalue weighted by molar-refractivity contribution is 6.32. The summed E-state index contributed by atoms with van der Waals surface area (Å²) in [7, 11) is 1.63. The molecule has 0 radical (unpaired) electrons. The van der Waals surface area contributed by atoms with Crippen LogP contribution in [0.15, 0.2) is 17.7 Å². The molecule has 0 bridgehead atoms. The Morgan fingerprint density at radius 2 is 2.05 bits per heavy atom. The van der Waals surface area contributed by atoms with Crippen LogP contribution in [0.2, 0.25) is 5.02 Å². The number of rotatable bonds is 9. The van der Waals surface area contributed by atoms with Gasteiger partial charge >= 0.3 is 0 Å². The standard InChI is InChI=1S/C17H26ClNO2/c1-5-8-19-12-13(6-2)9-14-10-15(18)17(21-7-3)16(11-14)20-4/h9-11,19H,5-8,12H2,1-4H3. The maximum absolute atomic E-state index is 6.30. The van der Waals surface area contributed by atoms with Crippen LogP contribution in [-0.4, -0.2) is 26.8 Å². The zero-order valence-corrected chi connectivity index (χ0v) is 14.2. The van der Waals surface area contributed by atoms with E-state index in [9.17, 15) is 0 Å². The normalized spacial score (nSPS) is 11.6. The summed E-state index contributed by atoms with van der Waals surface area (Å²) in [5.74, 6) is 1.29. The van der Waals surface area contributed by atoms with Gasteiger partial charge in [0.15, 0.2) is 11.5 Å². The Morgan fingerprint density at radius 1 is 1.29 bits per heavy atom. The van der Waals surface area contributed by atoms with Crippen LogP contribution in [0.3, 0.4) is 0 Å². The Morgan fingerprint density at radius 3 is 2.62 bits per heavy atom. The summed E-state index contributed by atoms with van der Waals surface area (Å²) in [5.41, 5.74) is 2.38. The number of hydrogen-bond donors (Lipinski definition) is 1. The van der Waals surface area contributed by atoms with E-state index in [-0.39, 0.29) is 0 Å². The predicted octanol–water partition coefficient (Wildman–Crippen LogP) is 4.54. The summed E-state index contributed by atoms with van der Waals surface area (Å²) in [6.45, 7) is 8.75. The summed E-state index contributed by atoms with van der Waals surface area (Å²) >= 11 is 6.30. The molecule has 1 rings (SSSR count). The first-order chi connectivity index (χ1) is 10.2. The number of benzene rings is 1. The van der Waals surface area contributed by atoms with Gasteiger partial charge in [-0.15, -0.1) is 0 Å². The molecule has 0 aromatic heterocycles. The molecule has 0 saturated heterocycles. The van der Waals surface area contributed by atoms with E-state index in [2.05, 4.69) is 25.2 Å². The minimum atomic E-state index is 0.562. The molecule has 4 heteroatoms. The molecule has 0 spiro atoms. The molecular formula is C17H26ClNO2. The molecule has 0 fully saturated rings. The highest BCUT2D eigenvalue weighted by Crippen LogP contribution is 2.37. The zero-order chi connectivity index (χ0) is 15.7.